The van der Waals surface area contributed by atoms with Crippen molar-refractivity contribution in [1.82, 2.24) is 10.3 Å². The Morgan fingerprint density at radius 2 is 1.68 bits per heavy atom. The van der Waals surface area contributed by atoms with E-state index in [1.165, 1.54) is 23.9 Å². The number of rotatable bonds is 8. The van der Waals surface area contributed by atoms with Crippen molar-refractivity contribution in [3.05, 3.63) is 89.4 Å². The van der Waals surface area contributed by atoms with E-state index in [0.29, 0.717) is 28.5 Å². The Kier molecular flexibility index (Phi) is 7.78. The van der Waals surface area contributed by atoms with Crippen molar-refractivity contribution in [3.8, 4) is 0 Å². The van der Waals surface area contributed by atoms with Gasteiger partial charge in [-0.1, -0.05) is 24.3 Å². The van der Waals surface area contributed by atoms with E-state index in [-0.39, 0.29) is 23.7 Å². The lowest BCUT2D eigenvalue weighted by Crippen LogP contribution is -2.31. The smallest absolute Gasteiger partial charge is 0.258 e. The van der Waals surface area contributed by atoms with E-state index < -0.39 is 0 Å². The Morgan fingerprint density at radius 1 is 1.00 bits per heavy atom. The zero-order chi connectivity index (χ0) is 22.2. The number of hydrogen-bond acceptors (Lipinski definition) is 4. The van der Waals surface area contributed by atoms with Crippen LogP contribution in [0.25, 0.3) is 0 Å². The number of benzene rings is 2. The van der Waals surface area contributed by atoms with Gasteiger partial charge >= 0.3 is 0 Å². The Morgan fingerprint density at radius 3 is 2.35 bits per heavy atom. The summed E-state index contributed by atoms with van der Waals surface area (Å²) in [7, 11) is 0. The molecule has 0 fully saturated rings. The van der Waals surface area contributed by atoms with Gasteiger partial charge in [-0.3, -0.25) is 9.59 Å². The third kappa shape index (κ3) is 6.93. The minimum atomic E-state index is -0.279. The van der Waals surface area contributed by atoms with Crippen molar-refractivity contribution in [1.29, 1.82) is 0 Å². The van der Waals surface area contributed by atoms with Crippen LogP contribution in [-0.4, -0.2) is 22.8 Å². The highest BCUT2D eigenvalue weighted by atomic mass is 32.2. The van der Waals surface area contributed by atoms with E-state index in [1.807, 2.05) is 26.0 Å². The van der Waals surface area contributed by atoms with Crippen molar-refractivity contribution in [2.75, 3.05) is 5.32 Å². The van der Waals surface area contributed by atoms with E-state index in [4.69, 9.17) is 0 Å². The van der Waals surface area contributed by atoms with Gasteiger partial charge in [-0.25, -0.2) is 9.37 Å². The second-order valence-corrected chi connectivity index (χ2v) is 8.29. The van der Waals surface area contributed by atoms with Gasteiger partial charge in [0.1, 0.15) is 10.8 Å². The topological polar surface area (TPSA) is 71.1 Å². The molecule has 3 aromatic rings. The van der Waals surface area contributed by atoms with Gasteiger partial charge < -0.3 is 10.6 Å². The molecule has 31 heavy (non-hydrogen) atoms. The molecule has 0 atom stereocenters. The standard InChI is InChI=1S/C24H24FN3O2S/c1-16(2)27-22(29)14-17-7-11-20(12-8-17)28-23(30)21-4-3-13-26-24(21)31-15-18-5-9-19(25)10-6-18/h3-13,16H,14-15H2,1-2H3,(H,27,29)(H,28,30). The van der Waals surface area contributed by atoms with Crippen LogP contribution in [0.2, 0.25) is 0 Å². The maximum absolute atomic E-state index is 13.1. The lowest BCUT2D eigenvalue weighted by Gasteiger charge is -2.11. The number of halogens is 1. The summed E-state index contributed by atoms with van der Waals surface area (Å²) in [5.41, 5.74) is 2.92. The molecular weight excluding hydrogens is 413 g/mol. The molecular formula is C24H24FN3O2S. The van der Waals surface area contributed by atoms with E-state index >= 15 is 0 Å². The van der Waals surface area contributed by atoms with Crippen LogP contribution in [-0.2, 0) is 17.0 Å². The third-order valence-electron chi connectivity index (χ3n) is 4.33. The minimum Gasteiger partial charge on any atom is -0.354 e. The van der Waals surface area contributed by atoms with Gasteiger partial charge in [-0.05, 0) is 61.4 Å². The molecule has 3 rings (SSSR count). The van der Waals surface area contributed by atoms with Gasteiger partial charge in [0.05, 0.1) is 12.0 Å². The summed E-state index contributed by atoms with van der Waals surface area (Å²) < 4.78 is 13.1. The highest BCUT2D eigenvalue weighted by Crippen LogP contribution is 2.25. The Labute approximate surface area is 185 Å². The summed E-state index contributed by atoms with van der Waals surface area (Å²) in [6.07, 6.45) is 1.93. The maximum Gasteiger partial charge on any atom is 0.258 e. The fourth-order valence-electron chi connectivity index (χ4n) is 2.87. The summed E-state index contributed by atoms with van der Waals surface area (Å²) in [6, 6.07) is 17.0. The monoisotopic (exact) mass is 437 g/mol. The van der Waals surface area contributed by atoms with Crippen molar-refractivity contribution in [2.45, 2.75) is 37.1 Å². The number of carbonyl (C=O) groups excluding carboxylic acids is 2. The number of thioether (sulfide) groups is 1. The average molecular weight is 438 g/mol. The number of hydrogen-bond donors (Lipinski definition) is 2. The molecule has 2 N–H and O–H groups in total. The molecule has 160 valence electrons. The van der Waals surface area contributed by atoms with Crippen LogP contribution in [0.4, 0.5) is 10.1 Å². The summed E-state index contributed by atoms with van der Waals surface area (Å²) in [5.74, 6) is -0.00626. The van der Waals surface area contributed by atoms with Gasteiger partial charge in [0.15, 0.2) is 0 Å². The molecule has 0 saturated carbocycles. The quantitative estimate of drug-likeness (QED) is 0.495. The molecule has 1 heterocycles. The van der Waals surface area contributed by atoms with Crippen LogP contribution in [0, 0.1) is 5.82 Å². The van der Waals surface area contributed by atoms with Gasteiger partial charge in [-0.15, -0.1) is 11.8 Å². The van der Waals surface area contributed by atoms with E-state index in [2.05, 4.69) is 15.6 Å². The lowest BCUT2D eigenvalue weighted by molar-refractivity contribution is -0.120. The second kappa shape index (κ2) is 10.7. The molecule has 0 bridgehead atoms. The van der Waals surface area contributed by atoms with Crippen molar-refractivity contribution in [3.63, 3.8) is 0 Å². The van der Waals surface area contributed by atoms with Gasteiger partial charge in [0, 0.05) is 23.7 Å². The summed E-state index contributed by atoms with van der Waals surface area (Å²) in [4.78, 5) is 29.0. The maximum atomic E-state index is 13.1. The van der Waals surface area contributed by atoms with E-state index in [0.717, 1.165) is 11.1 Å². The average Bonchev–Trinajstić information content (AvgIpc) is 2.74. The first-order valence-electron chi connectivity index (χ1n) is 9.92. The van der Waals surface area contributed by atoms with Crippen LogP contribution in [0.5, 0.6) is 0 Å². The highest BCUT2D eigenvalue weighted by Gasteiger charge is 2.13. The predicted molar refractivity (Wildman–Crippen MR) is 122 cm³/mol. The third-order valence-corrected chi connectivity index (χ3v) is 5.41. The largest absolute Gasteiger partial charge is 0.354 e. The fraction of sp³-hybridized carbons (Fsp3) is 0.208. The predicted octanol–water partition coefficient (Wildman–Crippen LogP) is 4.83. The molecule has 2 amide bonds. The summed E-state index contributed by atoms with van der Waals surface area (Å²) in [6.45, 7) is 3.84. The van der Waals surface area contributed by atoms with Crippen LogP contribution in [0.15, 0.2) is 71.9 Å². The molecule has 0 unspecified atom stereocenters. The molecule has 0 aliphatic heterocycles. The number of amides is 2. The number of pyridine rings is 1. The van der Waals surface area contributed by atoms with Crippen LogP contribution < -0.4 is 10.6 Å². The first-order valence-corrected chi connectivity index (χ1v) is 10.9. The molecule has 1 aromatic heterocycles. The van der Waals surface area contributed by atoms with E-state index in [1.54, 1.807) is 42.6 Å². The van der Waals surface area contributed by atoms with Gasteiger partial charge in [0.2, 0.25) is 5.91 Å². The van der Waals surface area contributed by atoms with Crippen LogP contribution in [0.1, 0.15) is 35.3 Å². The minimum absolute atomic E-state index is 0.0371. The van der Waals surface area contributed by atoms with Crippen LogP contribution >= 0.6 is 11.8 Å². The highest BCUT2D eigenvalue weighted by molar-refractivity contribution is 7.98. The molecule has 0 aliphatic rings. The molecule has 0 saturated heterocycles. The Hall–Kier alpha value is -3.19. The number of anilines is 1. The number of aromatic nitrogens is 1. The second-order valence-electron chi connectivity index (χ2n) is 7.32. The first-order chi connectivity index (χ1) is 14.9. The number of carbonyl (C=O) groups is 2. The Balaban J connectivity index is 1.62. The first kappa shape index (κ1) is 22.5. The molecule has 5 nitrogen and oxygen atoms in total. The number of nitrogens with one attached hydrogen (secondary N) is 2. The zero-order valence-electron chi connectivity index (χ0n) is 17.4. The summed E-state index contributed by atoms with van der Waals surface area (Å²) in [5, 5.41) is 6.33. The molecule has 7 heteroatoms. The molecule has 2 aromatic carbocycles. The normalized spacial score (nSPS) is 10.7. The molecule has 0 radical (unpaired) electrons. The molecule has 0 aliphatic carbocycles. The Bertz CT molecular complexity index is 1040. The molecule has 0 spiro atoms. The zero-order valence-corrected chi connectivity index (χ0v) is 18.2. The fourth-order valence-corrected chi connectivity index (χ4v) is 3.82. The van der Waals surface area contributed by atoms with Crippen molar-refractivity contribution in [2.24, 2.45) is 0 Å². The van der Waals surface area contributed by atoms with Crippen molar-refractivity contribution >= 4 is 29.3 Å². The summed E-state index contributed by atoms with van der Waals surface area (Å²) >= 11 is 1.42. The van der Waals surface area contributed by atoms with E-state index in [9.17, 15) is 14.0 Å². The SMILES string of the molecule is CC(C)NC(=O)Cc1ccc(NC(=O)c2cccnc2SCc2ccc(F)cc2)cc1. The van der Waals surface area contributed by atoms with Crippen molar-refractivity contribution < 1.29 is 14.0 Å². The number of nitrogens with zero attached hydrogens (tertiary/aromatic N) is 1. The van der Waals surface area contributed by atoms with Gasteiger partial charge in [-0.2, -0.15) is 0 Å². The van der Waals surface area contributed by atoms with Gasteiger partial charge in [0.25, 0.3) is 5.91 Å². The lowest BCUT2D eigenvalue weighted by atomic mass is 10.1. The van der Waals surface area contributed by atoms with Crippen LogP contribution in [0.3, 0.4) is 0 Å².